The van der Waals surface area contributed by atoms with Gasteiger partial charge in [-0.15, -0.1) is 0 Å². The number of alkyl halides is 3. The molecular weight excluding hydrogens is 386 g/mol. The fraction of sp³-hybridized carbons (Fsp3) is 0.111. The molecule has 0 aliphatic rings. The van der Waals surface area contributed by atoms with Crippen molar-refractivity contribution in [3.63, 3.8) is 0 Å². The highest BCUT2D eigenvalue weighted by molar-refractivity contribution is 6.42. The summed E-state index contributed by atoms with van der Waals surface area (Å²) in [5.41, 5.74) is 1.29. The van der Waals surface area contributed by atoms with Crippen molar-refractivity contribution in [1.82, 2.24) is 14.8 Å². The standard InChI is InChI=1S/C18H12Cl2F3N3/c19-16-3-1-2-14(17(16)20)15(18(21,22)23)9-6-12-4-7-13(8-5-12)26-11-24-10-25-26/h1-11,15H/b9-6+. The second-order valence-electron chi connectivity index (χ2n) is 5.45. The van der Waals surface area contributed by atoms with Crippen LogP contribution in [0.2, 0.25) is 10.0 Å². The van der Waals surface area contributed by atoms with Gasteiger partial charge in [-0.3, -0.25) is 0 Å². The van der Waals surface area contributed by atoms with E-state index >= 15 is 0 Å². The minimum absolute atomic E-state index is 0.0813. The summed E-state index contributed by atoms with van der Waals surface area (Å²) in [5, 5.41) is 3.98. The quantitative estimate of drug-likeness (QED) is 0.545. The molecule has 0 bridgehead atoms. The molecule has 0 saturated heterocycles. The van der Waals surface area contributed by atoms with E-state index in [1.165, 1.54) is 36.9 Å². The zero-order chi connectivity index (χ0) is 18.7. The van der Waals surface area contributed by atoms with E-state index < -0.39 is 12.1 Å². The highest BCUT2D eigenvalue weighted by Gasteiger charge is 2.40. The van der Waals surface area contributed by atoms with Crippen molar-refractivity contribution in [2.45, 2.75) is 12.1 Å². The first-order valence-corrected chi connectivity index (χ1v) is 8.26. The smallest absolute Gasteiger partial charge is 0.223 e. The van der Waals surface area contributed by atoms with Crippen LogP contribution in [-0.2, 0) is 0 Å². The van der Waals surface area contributed by atoms with Crippen molar-refractivity contribution >= 4 is 29.3 Å². The summed E-state index contributed by atoms with van der Waals surface area (Å²) >= 11 is 11.8. The lowest BCUT2D eigenvalue weighted by molar-refractivity contribution is -0.139. The van der Waals surface area contributed by atoms with E-state index in [-0.39, 0.29) is 15.6 Å². The van der Waals surface area contributed by atoms with Crippen LogP contribution < -0.4 is 0 Å². The Morgan fingerprint density at radius 1 is 1.04 bits per heavy atom. The van der Waals surface area contributed by atoms with E-state index in [1.54, 1.807) is 28.9 Å². The SMILES string of the molecule is FC(F)(F)C(/C=C/c1ccc(-n2cncn2)cc1)c1cccc(Cl)c1Cl. The van der Waals surface area contributed by atoms with Crippen molar-refractivity contribution in [3.05, 3.63) is 82.4 Å². The van der Waals surface area contributed by atoms with Crippen LogP contribution in [0.25, 0.3) is 11.8 Å². The molecule has 3 aromatic rings. The van der Waals surface area contributed by atoms with Gasteiger partial charge in [0.1, 0.15) is 12.7 Å². The topological polar surface area (TPSA) is 30.7 Å². The molecular formula is C18H12Cl2F3N3. The van der Waals surface area contributed by atoms with Crippen LogP contribution in [0.15, 0.2) is 61.2 Å². The molecule has 0 fully saturated rings. The summed E-state index contributed by atoms with van der Waals surface area (Å²) in [6, 6.07) is 11.1. The predicted octanol–water partition coefficient (Wildman–Crippen LogP) is 5.93. The number of aromatic nitrogens is 3. The van der Waals surface area contributed by atoms with Crippen LogP contribution in [0.4, 0.5) is 13.2 Å². The minimum Gasteiger partial charge on any atom is -0.223 e. The molecule has 134 valence electrons. The Morgan fingerprint density at radius 3 is 2.38 bits per heavy atom. The van der Waals surface area contributed by atoms with Gasteiger partial charge in [-0.05, 0) is 29.3 Å². The second kappa shape index (κ2) is 7.51. The molecule has 3 rings (SSSR count). The van der Waals surface area contributed by atoms with Crippen LogP contribution in [0.3, 0.4) is 0 Å². The predicted molar refractivity (Wildman–Crippen MR) is 95.7 cm³/mol. The average molecular weight is 398 g/mol. The Morgan fingerprint density at radius 2 is 1.77 bits per heavy atom. The van der Waals surface area contributed by atoms with E-state index in [4.69, 9.17) is 23.2 Å². The maximum absolute atomic E-state index is 13.5. The third kappa shape index (κ3) is 4.08. The zero-order valence-corrected chi connectivity index (χ0v) is 14.7. The Labute approximate surface area is 157 Å². The first kappa shape index (κ1) is 18.5. The lowest BCUT2D eigenvalue weighted by Crippen LogP contribution is -2.19. The highest BCUT2D eigenvalue weighted by Crippen LogP contribution is 2.41. The Balaban J connectivity index is 1.89. The average Bonchev–Trinajstić information content (AvgIpc) is 3.13. The summed E-state index contributed by atoms with van der Waals surface area (Å²) in [5.74, 6) is -1.86. The number of nitrogens with zero attached hydrogens (tertiary/aromatic N) is 3. The van der Waals surface area contributed by atoms with Gasteiger partial charge in [0.05, 0.1) is 21.7 Å². The number of benzene rings is 2. The first-order chi connectivity index (χ1) is 12.4. The summed E-state index contributed by atoms with van der Waals surface area (Å²) in [6.45, 7) is 0. The molecule has 0 N–H and O–H groups in total. The number of allylic oxidation sites excluding steroid dienone is 1. The number of hydrogen-bond donors (Lipinski definition) is 0. The molecule has 8 heteroatoms. The molecule has 1 unspecified atom stereocenters. The van der Waals surface area contributed by atoms with E-state index in [1.807, 2.05) is 0 Å². The van der Waals surface area contributed by atoms with Crippen molar-refractivity contribution in [3.8, 4) is 5.69 Å². The fourth-order valence-corrected chi connectivity index (χ4v) is 2.86. The maximum Gasteiger partial charge on any atom is 0.399 e. The van der Waals surface area contributed by atoms with Gasteiger partial charge in [0.15, 0.2) is 0 Å². The minimum atomic E-state index is -4.49. The van der Waals surface area contributed by atoms with Gasteiger partial charge in [0.25, 0.3) is 0 Å². The molecule has 0 amide bonds. The summed E-state index contributed by atoms with van der Waals surface area (Å²) in [4.78, 5) is 3.85. The molecule has 3 nitrogen and oxygen atoms in total. The largest absolute Gasteiger partial charge is 0.399 e. The zero-order valence-electron chi connectivity index (χ0n) is 13.2. The van der Waals surface area contributed by atoms with Crippen LogP contribution in [0.5, 0.6) is 0 Å². The molecule has 1 heterocycles. The van der Waals surface area contributed by atoms with Gasteiger partial charge in [-0.25, -0.2) is 9.67 Å². The first-order valence-electron chi connectivity index (χ1n) is 7.50. The van der Waals surface area contributed by atoms with E-state index in [0.29, 0.717) is 5.56 Å². The molecule has 0 saturated carbocycles. The number of hydrogen-bond acceptors (Lipinski definition) is 2. The highest BCUT2D eigenvalue weighted by atomic mass is 35.5. The fourth-order valence-electron chi connectivity index (χ4n) is 2.44. The summed E-state index contributed by atoms with van der Waals surface area (Å²) in [6.07, 6.45) is 0.913. The third-order valence-electron chi connectivity index (χ3n) is 3.73. The Hall–Kier alpha value is -2.31. The number of halogens is 5. The second-order valence-corrected chi connectivity index (χ2v) is 6.24. The summed E-state index contributed by atoms with van der Waals surface area (Å²) < 4.78 is 42.0. The van der Waals surface area contributed by atoms with Crippen molar-refractivity contribution in [2.24, 2.45) is 0 Å². The summed E-state index contributed by atoms with van der Waals surface area (Å²) in [7, 11) is 0. The molecule has 2 aromatic carbocycles. The molecule has 0 aliphatic carbocycles. The van der Waals surface area contributed by atoms with Crippen LogP contribution in [0, 0.1) is 0 Å². The van der Waals surface area contributed by atoms with Crippen LogP contribution in [-0.4, -0.2) is 20.9 Å². The normalized spacial score (nSPS) is 13.3. The maximum atomic E-state index is 13.5. The molecule has 0 spiro atoms. The molecule has 26 heavy (non-hydrogen) atoms. The van der Waals surface area contributed by atoms with Crippen LogP contribution >= 0.6 is 23.2 Å². The Bertz CT molecular complexity index is 904. The molecule has 1 aromatic heterocycles. The molecule has 0 radical (unpaired) electrons. The molecule has 0 aliphatic heterocycles. The van der Waals surface area contributed by atoms with Crippen molar-refractivity contribution < 1.29 is 13.2 Å². The van der Waals surface area contributed by atoms with E-state index in [0.717, 1.165) is 11.8 Å². The van der Waals surface area contributed by atoms with Gasteiger partial charge in [0.2, 0.25) is 0 Å². The van der Waals surface area contributed by atoms with Gasteiger partial charge >= 0.3 is 6.18 Å². The lowest BCUT2D eigenvalue weighted by atomic mass is 9.97. The van der Waals surface area contributed by atoms with Crippen LogP contribution in [0.1, 0.15) is 17.0 Å². The number of rotatable bonds is 4. The van der Waals surface area contributed by atoms with Gasteiger partial charge < -0.3 is 0 Å². The van der Waals surface area contributed by atoms with Gasteiger partial charge in [-0.2, -0.15) is 18.3 Å². The van der Waals surface area contributed by atoms with E-state index in [9.17, 15) is 13.2 Å². The van der Waals surface area contributed by atoms with Crippen molar-refractivity contribution in [1.29, 1.82) is 0 Å². The van der Waals surface area contributed by atoms with Gasteiger partial charge in [-0.1, -0.05) is 59.6 Å². The van der Waals surface area contributed by atoms with E-state index in [2.05, 4.69) is 10.1 Å². The van der Waals surface area contributed by atoms with Gasteiger partial charge in [0, 0.05) is 0 Å². The Kier molecular flexibility index (Phi) is 5.34. The lowest BCUT2D eigenvalue weighted by Gasteiger charge is -2.19. The van der Waals surface area contributed by atoms with Crippen molar-refractivity contribution in [2.75, 3.05) is 0 Å². The third-order valence-corrected chi connectivity index (χ3v) is 4.56. The monoisotopic (exact) mass is 397 g/mol. The molecule has 1 atom stereocenters.